The third kappa shape index (κ3) is 3.09. The fraction of sp³-hybridized carbons (Fsp3) is 0.400. The molecule has 2 unspecified atom stereocenters. The highest BCUT2D eigenvalue weighted by Crippen LogP contribution is 2.44. The summed E-state index contributed by atoms with van der Waals surface area (Å²) in [6.45, 7) is -0.532. The standard InChI is InChI=1S/C15H15ClN2O5S/c16-11-3-1-2-4-12(11)24(21,22)10-5-6-15(9-10,13(18)19)14(20)23-8-7-17/h1-4,10H,5-6,8-9H2,(H2,18,19). The number of hydrogen-bond acceptors (Lipinski definition) is 6. The minimum Gasteiger partial charge on any atom is -0.449 e. The first-order chi connectivity index (χ1) is 11.3. The van der Waals surface area contributed by atoms with Gasteiger partial charge in [0, 0.05) is 0 Å². The van der Waals surface area contributed by atoms with Crippen molar-refractivity contribution in [3.05, 3.63) is 29.3 Å². The van der Waals surface area contributed by atoms with Crippen molar-refractivity contribution in [1.29, 1.82) is 5.26 Å². The van der Waals surface area contributed by atoms with Crippen LogP contribution in [0.25, 0.3) is 0 Å². The van der Waals surface area contributed by atoms with Crippen molar-refractivity contribution in [3.8, 4) is 6.07 Å². The number of carbonyl (C=O) groups excluding carboxylic acids is 2. The molecule has 0 bridgehead atoms. The van der Waals surface area contributed by atoms with Crippen molar-refractivity contribution in [2.45, 2.75) is 29.4 Å². The monoisotopic (exact) mass is 370 g/mol. The SMILES string of the molecule is N#CCOC(=O)C1(C(N)=O)CCC(S(=O)(=O)c2ccccc2Cl)C1. The van der Waals surface area contributed by atoms with Crippen LogP contribution in [0, 0.1) is 16.7 Å². The fourth-order valence-electron chi connectivity index (χ4n) is 2.87. The summed E-state index contributed by atoms with van der Waals surface area (Å²) in [5, 5.41) is 7.57. The van der Waals surface area contributed by atoms with Gasteiger partial charge in [0.15, 0.2) is 16.4 Å². The number of carbonyl (C=O) groups is 2. The van der Waals surface area contributed by atoms with Gasteiger partial charge < -0.3 is 10.5 Å². The number of esters is 1. The minimum atomic E-state index is -3.84. The highest BCUT2D eigenvalue weighted by molar-refractivity contribution is 7.92. The molecule has 2 N–H and O–H groups in total. The van der Waals surface area contributed by atoms with Crippen LogP contribution in [-0.4, -0.2) is 32.2 Å². The molecule has 0 radical (unpaired) electrons. The van der Waals surface area contributed by atoms with Crippen LogP contribution >= 0.6 is 11.6 Å². The van der Waals surface area contributed by atoms with E-state index < -0.39 is 39.0 Å². The molecule has 128 valence electrons. The van der Waals surface area contributed by atoms with E-state index >= 15 is 0 Å². The second-order valence-electron chi connectivity index (χ2n) is 5.52. The first kappa shape index (κ1) is 18.2. The number of rotatable bonds is 5. The Bertz CT molecular complexity index is 817. The van der Waals surface area contributed by atoms with E-state index in [4.69, 9.17) is 27.3 Å². The molecule has 0 saturated heterocycles. The van der Waals surface area contributed by atoms with E-state index in [1.807, 2.05) is 0 Å². The fourth-order valence-corrected chi connectivity index (χ4v) is 5.22. The number of primary amides is 1. The van der Waals surface area contributed by atoms with Crippen LogP contribution in [0.4, 0.5) is 0 Å². The number of sulfone groups is 1. The van der Waals surface area contributed by atoms with Gasteiger partial charge in [0.1, 0.15) is 11.5 Å². The number of ether oxygens (including phenoxy) is 1. The maximum atomic E-state index is 12.8. The van der Waals surface area contributed by atoms with Crippen LogP contribution in [0.1, 0.15) is 19.3 Å². The average Bonchev–Trinajstić information content (AvgIpc) is 3.00. The molecule has 24 heavy (non-hydrogen) atoms. The van der Waals surface area contributed by atoms with Crippen LogP contribution in [0.3, 0.4) is 0 Å². The first-order valence-electron chi connectivity index (χ1n) is 7.08. The summed E-state index contributed by atoms with van der Waals surface area (Å²) in [6, 6.07) is 7.58. The molecule has 9 heteroatoms. The van der Waals surface area contributed by atoms with Gasteiger partial charge in [-0.3, -0.25) is 9.59 Å². The zero-order chi connectivity index (χ0) is 18.0. The van der Waals surface area contributed by atoms with Crippen molar-refractivity contribution in [2.75, 3.05) is 6.61 Å². The van der Waals surface area contributed by atoms with Gasteiger partial charge in [0.05, 0.1) is 15.2 Å². The Labute approximate surface area is 144 Å². The lowest BCUT2D eigenvalue weighted by molar-refractivity contribution is -0.158. The molecule has 0 aliphatic heterocycles. The number of benzene rings is 1. The lowest BCUT2D eigenvalue weighted by atomic mass is 9.85. The molecule has 0 aromatic heterocycles. The van der Waals surface area contributed by atoms with Crippen LogP contribution in [0.2, 0.25) is 5.02 Å². The summed E-state index contributed by atoms with van der Waals surface area (Å²) in [6.07, 6.45) is -0.279. The molecule has 2 rings (SSSR count). The van der Waals surface area contributed by atoms with Gasteiger partial charge in [0.25, 0.3) is 0 Å². The molecule has 0 spiro atoms. The summed E-state index contributed by atoms with van der Waals surface area (Å²) >= 11 is 5.95. The summed E-state index contributed by atoms with van der Waals surface area (Å²) in [7, 11) is -3.84. The molecule has 1 fully saturated rings. The molecule has 1 saturated carbocycles. The number of amides is 1. The van der Waals surface area contributed by atoms with Gasteiger partial charge in [-0.25, -0.2) is 8.42 Å². The van der Waals surface area contributed by atoms with Gasteiger partial charge in [0.2, 0.25) is 5.91 Å². The Morgan fingerprint density at radius 3 is 2.67 bits per heavy atom. The average molecular weight is 371 g/mol. The van der Waals surface area contributed by atoms with Gasteiger partial charge in [-0.1, -0.05) is 23.7 Å². The smallest absolute Gasteiger partial charge is 0.322 e. The Balaban J connectivity index is 2.33. The van der Waals surface area contributed by atoms with E-state index in [1.54, 1.807) is 12.1 Å². The molecule has 1 aliphatic rings. The Hall–Kier alpha value is -2.11. The van der Waals surface area contributed by atoms with Crippen LogP contribution < -0.4 is 5.73 Å². The molecule has 2 atom stereocenters. The van der Waals surface area contributed by atoms with Crippen molar-refractivity contribution < 1.29 is 22.7 Å². The number of hydrogen-bond donors (Lipinski definition) is 1. The normalized spacial score (nSPS) is 23.4. The predicted molar refractivity (Wildman–Crippen MR) is 84.5 cm³/mol. The lowest BCUT2D eigenvalue weighted by Crippen LogP contribution is -2.44. The summed E-state index contributed by atoms with van der Waals surface area (Å²) in [5.74, 6) is -1.92. The largest absolute Gasteiger partial charge is 0.449 e. The van der Waals surface area contributed by atoms with Crippen molar-refractivity contribution in [3.63, 3.8) is 0 Å². The summed E-state index contributed by atoms with van der Waals surface area (Å²) in [4.78, 5) is 23.9. The molecule has 1 amide bonds. The Morgan fingerprint density at radius 2 is 2.08 bits per heavy atom. The number of nitriles is 1. The van der Waals surface area contributed by atoms with E-state index in [1.165, 1.54) is 18.2 Å². The third-order valence-electron chi connectivity index (χ3n) is 4.18. The van der Waals surface area contributed by atoms with Gasteiger partial charge in [-0.05, 0) is 31.4 Å². The molecule has 7 nitrogen and oxygen atoms in total. The quantitative estimate of drug-likeness (QED) is 0.612. The van der Waals surface area contributed by atoms with E-state index in [0.717, 1.165) is 0 Å². The maximum Gasteiger partial charge on any atom is 0.322 e. The molecule has 1 aliphatic carbocycles. The first-order valence-corrected chi connectivity index (χ1v) is 9.00. The minimum absolute atomic E-state index is 0.0534. The van der Waals surface area contributed by atoms with Crippen LogP contribution in [-0.2, 0) is 24.2 Å². The van der Waals surface area contributed by atoms with Crippen molar-refractivity contribution in [1.82, 2.24) is 0 Å². The highest BCUT2D eigenvalue weighted by atomic mass is 35.5. The van der Waals surface area contributed by atoms with Crippen LogP contribution in [0.5, 0.6) is 0 Å². The van der Waals surface area contributed by atoms with E-state index in [2.05, 4.69) is 0 Å². The second-order valence-corrected chi connectivity index (χ2v) is 8.12. The zero-order valence-corrected chi connectivity index (χ0v) is 14.1. The third-order valence-corrected chi connectivity index (χ3v) is 6.87. The molecular formula is C15H15ClN2O5S. The van der Waals surface area contributed by atoms with E-state index in [0.29, 0.717) is 0 Å². The zero-order valence-electron chi connectivity index (χ0n) is 12.6. The summed E-state index contributed by atoms with van der Waals surface area (Å²) < 4.78 is 30.2. The van der Waals surface area contributed by atoms with Gasteiger partial charge in [-0.2, -0.15) is 5.26 Å². The molecule has 1 aromatic carbocycles. The number of halogens is 1. The van der Waals surface area contributed by atoms with E-state index in [9.17, 15) is 18.0 Å². The van der Waals surface area contributed by atoms with Crippen LogP contribution in [0.15, 0.2) is 29.2 Å². The van der Waals surface area contributed by atoms with Gasteiger partial charge >= 0.3 is 5.97 Å². The maximum absolute atomic E-state index is 12.8. The molecular weight excluding hydrogens is 356 g/mol. The Morgan fingerprint density at radius 1 is 1.42 bits per heavy atom. The summed E-state index contributed by atoms with van der Waals surface area (Å²) in [5.41, 5.74) is 3.60. The van der Waals surface area contributed by atoms with E-state index in [-0.39, 0.29) is 29.2 Å². The van der Waals surface area contributed by atoms with Crippen molar-refractivity contribution >= 4 is 33.3 Å². The molecule has 0 heterocycles. The Kier molecular flexibility index (Phi) is 5.16. The number of nitrogens with two attached hydrogens (primary N) is 1. The van der Waals surface area contributed by atoms with Gasteiger partial charge in [-0.15, -0.1) is 0 Å². The topological polar surface area (TPSA) is 127 Å². The predicted octanol–water partition coefficient (Wildman–Crippen LogP) is 1.20. The molecule has 1 aromatic rings. The van der Waals surface area contributed by atoms with Crippen molar-refractivity contribution in [2.24, 2.45) is 11.1 Å². The lowest BCUT2D eigenvalue weighted by Gasteiger charge is -2.22. The second kappa shape index (κ2) is 6.79. The number of nitrogens with zero attached hydrogens (tertiary/aromatic N) is 1. The highest BCUT2D eigenvalue weighted by Gasteiger charge is 2.54.